The van der Waals surface area contributed by atoms with Crippen LogP contribution in [0.15, 0.2) is 42.7 Å². The van der Waals surface area contributed by atoms with Gasteiger partial charge in [-0.15, -0.1) is 0 Å². The van der Waals surface area contributed by atoms with Gasteiger partial charge in [-0.2, -0.15) is 0 Å². The molecule has 0 saturated heterocycles. The van der Waals surface area contributed by atoms with Crippen molar-refractivity contribution in [3.63, 3.8) is 0 Å². The molecule has 0 bridgehead atoms. The molecule has 0 radical (unpaired) electrons. The number of amides is 2. The first kappa shape index (κ1) is 17.3. The molecule has 7 heteroatoms. The SMILES string of the molecule is COc1ccc(CNC(=O)C(=O)NCc2ccncc2)cc1OC. The van der Waals surface area contributed by atoms with E-state index in [9.17, 15) is 9.59 Å². The molecule has 7 nitrogen and oxygen atoms in total. The van der Waals surface area contributed by atoms with Crippen LogP contribution in [0.2, 0.25) is 0 Å². The predicted molar refractivity (Wildman–Crippen MR) is 87.5 cm³/mol. The number of ether oxygens (including phenoxy) is 2. The molecule has 1 heterocycles. The Bertz CT molecular complexity index is 704. The fraction of sp³-hybridized carbons (Fsp3) is 0.235. The van der Waals surface area contributed by atoms with Gasteiger partial charge in [-0.25, -0.2) is 0 Å². The molecule has 1 aromatic carbocycles. The summed E-state index contributed by atoms with van der Waals surface area (Å²) in [7, 11) is 3.08. The van der Waals surface area contributed by atoms with Crippen molar-refractivity contribution in [3.8, 4) is 11.5 Å². The molecule has 2 rings (SSSR count). The van der Waals surface area contributed by atoms with Crippen LogP contribution in [0.3, 0.4) is 0 Å². The summed E-state index contributed by atoms with van der Waals surface area (Å²) >= 11 is 0. The van der Waals surface area contributed by atoms with E-state index in [0.29, 0.717) is 11.5 Å². The van der Waals surface area contributed by atoms with E-state index in [2.05, 4.69) is 15.6 Å². The van der Waals surface area contributed by atoms with Gasteiger partial charge >= 0.3 is 11.8 Å². The van der Waals surface area contributed by atoms with E-state index >= 15 is 0 Å². The summed E-state index contributed by atoms with van der Waals surface area (Å²) in [4.78, 5) is 27.5. The van der Waals surface area contributed by atoms with Crippen LogP contribution >= 0.6 is 0 Å². The average molecular weight is 329 g/mol. The highest BCUT2D eigenvalue weighted by Crippen LogP contribution is 2.27. The van der Waals surface area contributed by atoms with Crippen LogP contribution in [0.1, 0.15) is 11.1 Å². The molecule has 0 atom stereocenters. The molecule has 2 amide bonds. The number of rotatable bonds is 6. The van der Waals surface area contributed by atoms with Crippen LogP contribution in [0.5, 0.6) is 11.5 Å². The van der Waals surface area contributed by atoms with E-state index in [1.807, 2.05) is 0 Å². The summed E-state index contributed by atoms with van der Waals surface area (Å²) < 4.78 is 10.3. The summed E-state index contributed by atoms with van der Waals surface area (Å²) in [5.74, 6) is -0.222. The maximum atomic E-state index is 11.8. The molecule has 0 aliphatic carbocycles. The molecule has 1 aromatic heterocycles. The Kier molecular flexibility index (Phi) is 6.13. The molecular weight excluding hydrogens is 310 g/mol. The number of methoxy groups -OCH3 is 2. The van der Waals surface area contributed by atoms with Crippen LogP contribution in [0.25, 0.3) is 0 Å². The van der Waals surface area contributed by atoms with Crippen molar-refractivity contribution in [1.29, 1.82) is 0 Å². The van der Waals surface area contributed by atoms with Gasteiger partial charge in [0.2, 0.25) is 0 Å². The Hall–Kier alpha value is -3.09. The van der Waals surface area contributed by atoms with Crippen molar-refractivity contribution in [2.45, 2.75) is 13.1 Å². The lowest BCUT2D eigenvalue weighted by Crippen LogP contribution is -2.39. The number of hydrogen-bond acceptors (Lipinski definition) is 5. The quantitative estimate of drug-likeness (QED) is 0.773. The molecule has 2 aromatic rings. The zero-order chi connectivity index (χ0) is 17.4. The van der Waals surface area contributed by atoms with E-state index in [4.69, 9.17) is 9.47 Å². The number of pyridine rings is 1. The molecule has 0 fully saturated rings. The lowest BCUT2D eigenvalue weighted by atomic mass is 10.2. The summed E-state index contributed by atoms with van der Waals surface area (Å²) in [5, 5.41) is 5.12. The Morgan fingerprint density at radius 2 is 1.46 bits per heavy atom. The maximum absolute atomic E-state index is 11.8. The number of aromatic nitrogens is 1. The molecule has 0 saturated carbocycles. The van der Waals surface area contributed by atoms with Gasteiger partial charge in [-0.05, 0) is 35.4 Å². The van der Waals surface area contributed by atoms with Crippen LogP contribution in [0.4, 0.5) is 0 Å². The maximum Gasteiger partial charge on any atom is 0.309 e. The molecule has 2 N–H and O–H groups in total. The minimum Gasteiger partial charge on any atom is -0.493 e. The Morgan fingerprint density at radius 1 is 0.875 bits per heavy atom. The Labute approximate surface area is 140 Å². The number of hydrogen-bond donors (Lipinski definition) is 2. The van der Waals surface area contributed by atoms with Gasteiger partial charge in [0.25, 0.3) is 0 Å². The van der Waals surface area contributed by atoms with Gasteiger partial charge in [0.05, 0.1) is 14.2 Å². The fourth-order valence-corrected chi connectivity index (χ4v) is 2.02. The first-order valence-corrected chi connectivity index (χ1v) is 7.30. The van der Waals surface area contributed by atoms with E-state index in [0.717, 1.165) is 11.1 Å². The van der Waals surface area contributed by atoms with E-state index < -0.39 is 11.8 Å². The van der Waals surface area contributed by atoms with Crippen molar-refractivity contribution in [3.05, 3.63) is 53.9 Å². The predicted octanol–water partition coefficient (Wildman–Crippen LogP) is 1.03. The zero-order valence-corrected chi connectivity index (χ0v) is 13.5. The van der Waals surface area contributed by atoms with Crippen LogP contribution in [-0.4, -0.2) is 31.0 Å². The van der Waals surface area contributed by atoms with Gasteiger partial charge in [-0.1, -0.05) is 6.07 Å². The molecule has 0 unspecified atom stereocenters. The third-order valence-electron chi connectivity index (χ3n) is 3.31. The summed E-state index contributed by atoms with van der Waals surface area (Å²) in [6.07, 6.45) is 3.25. The summed E-state index contributed by atoms with van der Waals surface area (Å²) in [6.45, 7) is 0.479. The third kappa shape index (κ3) is 4.70. The molecule has 0 spiro atoms. The first-order chi connectivity index (χ1) is 11.6. The monoisotopic (exact) mass is 329 g/mol. The largest absolute Gasteiger partial charge is 0.493 e. The van der Waals surface area contributed by atoms with Crippen molar-refractivity contribution in [2.75, 3.05) is 14.2 Å². The Balaban J connectivity index is 1.85. The minimum atomic E-state index is -0.696. The van der Waals surface area contributed by atoms with Crippen molar-refractivity contribution in [2.24, 2.45) is 0 Å². The van der Waals surface area contributed by atoms with Gasteiger partial charge in [0, 0.05) is 25.5 Å². The van der Waals surface area contributed by atoms with Crippen LogP contribution in [-0.2, 0) is 22.7 Å². The van der Waals surface area contributed by atoms with E-state index in [-0.39, 0.29) is 13.1 Å². The third-order valence-corrected chi connectivity index (χ3v) is 3.31. The van der Waals surface area contributed by atoms with Gasteiger partial charge in [-0.3, -0.25) is 14.6 Å². The minimum absolute atomic E-state index is 0.210. The normalized spacial score (nSPS) is 9.92. The zero-order valence-electron chi connectivity index (χ0n) is 13.5. The standard InChI is InChI=1S/C17H19N3O4/c1-23-14-4-3-13(9-15(14)24-2)11-20-17(22)16(21)19-10-12-5-7-18-8-6-12/h3-9H,10-11H2,1-2H3,(H,19,21)(H,20,22). The number of benzene rings is 1. The summed E-state index contributed by atoms with van der Waals surface area (Å²) in [5.41, 5.74) is 1.66. The van der Waals surface area contributed by atoms with Gasteiger partial charge in [0.1, 0.15) is 0 Å². The highest BCUT2D eigenvalue weighted by molar-refractivity contribution is 6.35. The second-order valence-corrected chi connectivity index (χ2v) is 4.91. The van der Waals surface area contributed by atoms with Gasteiger partial charge < -0.3 is 20.1 Å². The number of carbonyl (C=O) groups excluding carboxylic acids is 2. The van der Waals surface area contributed by atoms with Gasteiger partial charge in [0.15, 0.2) is 11.5 Å². The van der Waals surface area contributed by atoms with Crippen molar-refractivity contribution < 1.29 is 19.1 Å². The smallest absolute Gasteiger partial charge is 0.309 e. The number of nitrogens with zero attached hydrogens (tertiary/aromatic N) is 1. The average Bonchev–Trinajstić information content (AvgIpc) is 2.64. The highest BCUT2D eigenvalue weighted by atomic mass is 16.5. The lowest BCUT2D eigenvalue weighted by Gasteiger charge is -2.10. The number of carbonyl (C=O) groups is 2. The second-order valence-electron chi connectivity index (χ2n) is 4.91. The van der Waals surface area contributed by atoms with Crippen molar-refractivity contribution >= 4 is 11.8 Å². The molecule has 126 valence electrons. The summed E-state index contributed by atoms with van der Waals surface area (Å²) in [6, 6.07) is 8.80. The number of nitrogens with one attached hydrogen (secondary N) is 2. The van der Waals surface area contributed by atoms with Crippen molar-refractivity contribution in [1.82, 2.24) is 15.6 Å². The van der Waals surface area contributed by atoms with E-state index in [1.54, 1.807) is 49.8 Å². The highest BCUT2D eigenvalue weighted by Gasteiger charge is 2.13. The second kappa shape index (κ2) is 8.52. The molecule has 0 aliphatic heterocycles. The Morgan fingerprint density at radius 3 is 2.04 bits per heavy atom. The lowest BCUT2D eigenvalue weighted by molar-refractivity contribution is -0.139. The van der Waals surface area contributed by atoms with E-state index in [1.165, 1.54) is 7.11 Å². The fourth-order valence-electron chi connectivity index (χ4n) is 2.02. The van der Waals surface area contributed by atoms with Crippen LogP contribution < -0.4 is 20.1 Å². The topological polar surface area (TPSA) is 89.5 Å². The first-order valence-electron chi connectivity index (χ1n) is 7.30. The molecule has 24 heavy (non-hydrogen) atoms. The molecule has 0 aliphatic rings. The van der Waals surface area contributed by atoms with Crippen LogP contribution in [0, 0.1) is 0 Å². The molecular formula is C17H19N3O4.